The van der Waals surface area contributed by atoms with Crippen LogP contribution in [0.2, 0.25) is 0 Å². The number of thioether (sulfide) groups is 1. The minimum atomic E-state index is 0.366. The van der Waals surface area contributed by atoms with Crippen molar-refractivity contribution in [1.82, 2.24) is 0 Å². The highest BCUT2D eigenvalue weighted by Crippen LogP contribution is 2.39. The Morgan fingerprint density at radius 2 is 2.05 bits per heavy atom. The first-order valence-corrected chi connectivity index (χ1v) is 9.23. The monoisotopic (exact) mass is 308 g/mol. The van der Waals surface area contributed by atoms with Crippen LogP contribution in [0.15, 0.2) is 18.2 Å². The molecule has 0 spiro atoms. The first-order chi connectivity index (χ1) is 10.2. The SMILES string of the molecule is CCCOc1cccc(NCC2(SC)CCCCC2)c1N. The average Bonchev–Trinajstić information content (AvgIpc) is 2.53. The van der Waals surface area contributed by atoms with Gasteiger partial charge in [0.05, 0.1) is 18.0 Å². The van der Waals surface area contributed by atoms with Crippen LogP contribution in [0.5, 0.6) is 5.75 Å². The first-order valence-electron chi connectivity index (χ1n) is 8.01. The van der Waals surface area contributed by atoms with Gasteiger partial charge in [0.2, 0.25) is 0 Å². The summed E-state index contributed by atoms with van der Waals surface area (Å²) in [4.78, 5) is 0. The zero-order valence-corrected chi connectivity index (χ0v) is 14.1. The van der Waals surface area contributed by atoms with Crippen molar-refractivity contribution in [2.24, 2.45) is 0 Å². The molecule has 0 amide bonds. The van der Waals surface area contributed by atoms with Crippen LogP contribution in [-0.2, 0) is 0 Å². The topological polar surface area (TPSA) is 47.3 Å². The lowest BCUT2D eigenvalue weighted by molar-refractivity contribution is 0.319. The number of hydrogen-bond donors (Lipinski definition) is 2. The highest BCUT2D eigenvalue weighted by molar-refractivity contribution is 8.00. The minimum Gasteiger partial charge on any atom is -0.491 e. The van der Waals surface area contributed by atoms with Crippen molar-refractivity contribution in [1.29, 1.82) is 0 Å². The molecule has 1 aliphatic rings. The van der Waals surface area contributed by atoms with Gasteiger partial charge in [-0.05, 0) is 37.7 Å². The van der Waals surface area contributed by atoms with Gasteiger partial charge >= 0.3 is 0 Å². The number of nitrogens with two attached hydrogens (primary N) is 1. The summed E-state index contributed by atoms with van der Waals surface area (Å²) in [6.07, 6.45) is 9.89. The Morgan fingerprint density at radius 3 is 2.71 bits per heavy atom. The zero-order chi connectivity index (χ0) is 15.1. The summed E-state index contributed by atoms with van der Waals surface area (Å²) >= 11 is 2.00. The number of benzene rings is 1. The van der Waals surface area contributed by atoms with E-state index in [-0.39, 0.29) is 0 Å². The molecule has 4 heteroatoms. The van der Waals surface area contributed by atoms with Crippen molar-refractivity contribution in [3.05, 3.63) is 18.2 Å². The smallest absolute Gasteiger partial charge is 0.144 e. The Bertz CT molecular complexity index is 444. The molecule has 1 fully saturated rings. The lowest BCUT2D eigenvalue weighted by Gasteiger charge is -2.36. The van der Waals surface area contributed by atoms with E-state index < -0.39 is 0 Å². The third-order valence-corrected chi connectivity index (χ3v) is 5.75. The second kappa shape index (κ2) is 7.83. The van der Waals surface area contributed by atoms with Gasteiger partial charge in [-0.1, -0.05) is 32.3 Å². The summed E-state index contributed by atoms with van der Waals surface area (Å²) in [5.41, 5.74) is 7.97. The van der Waals surface area contributed by atoms with Gasteiger partial charge in [-0.2, -0.15) is 11.8 Å². The van der Waals surface area contributed by atoms with Crippen molar-refractivity contribution in [3.63, 3.8) is 0 Å². The second-order valence-electron chi connectivity index (χ2n) is 5.87. The minimum absolute atomic E-state index is 0.366. The van der Waals surface area contributed by atoms with Crippen LogP contribution >= 0.6 is 11.8 Å². The van der Waals surface area contributed by atoms with Crippen molar-refractivity contribution in [3.8, 4) is 5.75 Å². The quantitative estimate of drug-likeness (QED) is 0.726. The van der Waals surface area contributed by atoms with Crippen molar-refractivity contribution in [2.75, 3.05) is 30.5 Å². The number of anilines is 2. The lowest BCUT2D eigenvalue weighted by atomic mass is 9.88. The molecular formula is C17H28N2OS. The average molecular weight is 308 g/mol. The van der Waals surface area contributed by atoms with Crippen LogP contribution in [0, 0.1) is 0 Å². The molecule has 0 heterocycles. The maximum Gasteiger partial charge on any atom is 0.144 e. The predicted octanol–water partition coefficient (Wildman–Crippen LogP) is 4.54. The van der Waals surface area contributed by atoms with Gasteiger partial charge in [0.25, 0.3) is 0 Å². The standard InChI is InChI=1S/C17H28N2OS/c1-3-12-20-15-9-7-8-14(16(15)18)19-13-17(21-2)10-5-4-6-11-17/h7-9,19H,3-6,10-13,18H2,1-2H3. The molecule has 0 radical (unpaired) electrons. The highest BCUT2D eigenvalue weighted by atomic mass is 32.2. The summed E-state index contributed by atoms with van der Waals surface area (Å²) in [5, 5.41) is 3.57. The van der Waals surface area contributed by atoms with E-state index in [4.69, 9.17) is 10.5 Å². The molecule has 0 aliphatic heterocycles. The van der Waals surface area contributed by atoms with Crippen LogP contribution in [0.4, 0.5) is 11.4 Å². The summed E-state index contributed by atoms with van der Waals surface area (Å²) in [5.74, 6) is 0.795. The van der Waals surface area contributed by atoms with E-state index in [1.54, 1.807) is 0 Å². The van der Waals surface area contributed by atoms with Gasteiger partial charge < -0.3 is 15.8 Å². The van der Waals surface area contributed by atoms with Gasteiger partial charge in [0.1, 0.15) is 5.75 Å². The van der Waals surface area contributed by atoms with E-state index in [1.165, 1.54) is 32.1 Å². The molecule has 0 bridgehead atoms. The summed E-state index contributed by atoms with van der Waals surface area (Å²) < 4.78 is 6.07. The molecule has 21 heavy (non-hydrogen) atoms. The molecule has 1 aliphatic carbocycles. The highest BCUT2D eigenvalue weighted by Gasteiger charge is 2.31. The first kappa shape index (κ1) is 16.3. The van der Waals surface area contributed by atoms with Gasteiger partial charge in [-0.25, -0.2) is 0 Å². The van der Waals surface area contributed by atoms with Crippen molar-refractivity contribution in [2.45, 2.75) is 50.2 Å². The van der Waals surface area contributed by atoms with Gasteiger partial charge in [0.15, 0.2) is 0 Å². The summed E-state index contributed by atoms with van der Waals surface area (Å²) in [6.45, 7) is 3.79. The van der Waals surface area contributed by atoms with Crippen LogP contribution < -0.4 is 15.8 Å². The Morgan fingerprint density at radius 1 is 1.29 bits per heavy atom. The maximum atomic E-state index is 6.23. The fraction of sp³-hybridized carbons (Fsp3) is 0.647. The van der Waals surface area contributed by atoms with E-state index in [0.717, 1.165) is 30.1 Å². The fourth-order valence-electron chi connectivity index (χ4n) is 2.94. The zero-order valence-electron chi connectivity index (χ0n) is 13.3. The molecule has 0 saturated heterocycles. The lowest BCUT2D eigenvalue weighted by Crippen LogP contribution is -2.35. The molecule has 2 rings (SSSR count). The molecule has 1 aromatic rings. The van der Waals surface area contributed by atoms with Crippen molar-refractivity contribution >= 4 is 23.1 Å². The van der Waals surface area contributed by atoms with Crippen LogP contribution in [0.3, 0.4) is 0 Å². The van der Waals surface area contributed by atoms with E-state index in [0.29, 0.717) is 11.4 Å². The number of ether oxygens (including phenoxy) is 1. The van der Waals surface area contributed by atoms with Crippen LogP contribution in [0.1, 0.15) is 45.4 Å². The number of nitrogens with one attached hydrogen (secondary N) is 1. The third kappa shape index (κ3) is 4.22. The third-order valence-electron chi connectivity index (χ3n) is 4.33. The van der Waals surface area contributed by atoms with E-state index in [2.05, 4.69) is 18.5 Å². The summed E-state index contributed by atoms with van der Waals surface area (Å²) in [6, 6.07) is 6.00. The molecule has 0 unspecified atom stereocenters. The maximum absolute atomic E-state index is 6.23. The Kier molecular flexibility index (Phi) is 6.09. The molecule has 1 saturated carbocycles. The number of hydrogen-bond acceptors (Lipinski definition) is 4. The predicted molar refractivity (Wildman–Crippen MR) is 94.5 cm³/mol. The Hall–Kier alpha value is -1.03. The number of para-hydroxylation sites is 1. The molecule has 3 N–H and O–H groups in total. The van der Waals surface area contributed by atoms with Gasteiger partial charge in [0, 0.05) is 11.3 Å². The molecule has 3 nitrogen and oxygen atoms in total. The van der Waals surface area contributed by atoms with Crippen molar-refractivity contribution < 1.29 is 4.74 Å². The van der Waals surface area contributed by atoms with Crippen LogP contribution in [-0.4, -0.2) is 24.2 Å². The number of nitrogen functional groups attached to an aromatic ring is 1. The number of rotatable bonds is 7. The van der Waals surface area contributed by atoms with Crippen LogP contribution in [0.25, 0.3) is 0 Å². The normalized spacial score (nSPS) is 17.4. The van der Waals surface area contributed by atoms with E-state index >= 15 is 0 Å². The molecular weight excluding hydrogens is 280 g/mol. The Labute approximate surface area is 133 Å². The molecule has 0 aromatic heterocycles. The van der Waals surface area contributed by atoms with Gasteiger partial charge in [-0.3, -0.25) is 0 Å². The Balaban J connectivity index is 2.02. The fourth-order valence-corrected chi connectivity index (χ4v) is 3.85. The van der Waals surface area contributed by atoms with Gasteiger partial charge in [-0.15, -0.1) is 0 Å². The molecule has 0 atom stereocenters. The van der Waals surface area contributed by atoms with E-state index in [9.17, 15) is 0 Å². The largest absolute Gasteiger partial charge is 0.491 e. The molecule has 118 valence electrons. The van der Waals surface area contributed by atoms with E-state index in [1.807, 2.05) is 30.0 Å². The summed E-state index contributed by atoms with van der Waals surface area (Å²) in [7, 11) is 0. The second-order valence-corrected chi connectivity index (χ2v) is 7.14. The molecule has 1 aromatic carbocycles.